The number of nitrogens with zero attached hydrogens (tertiary/aromatic N) is 5. The lowest BCUT2D eigenvalue weighted by Gasteiger charge is -2.24. The molecule has 0 bridgehead atoms. The normalized spacial score (nSPS) is 11.7. The quantitative estimate of drug-likeness (QED) is 0.0867. The molecule has 0 saturated heterocycles. The van der Waals surface area contributed by atoms with Crippen LogP contribution in [0, 0.1) is 10.1 Å². The molecule has 0 aliphatic carbocycles. The van der Waals surface area contributed by atoms with Crippen molar-refractivity contribution < 1.29 is 27.6 Å². The molecule has 0 atom stereocenters. The molecule has 234 valence electrons. The Hall–Kier alpha value is -4.43. The van der Waals surface area contributed by atoms with Crippen LogP contribution in [0.2, 0.25) is 0 Å². The number of alkyl halides is 1. The summed E-state index contributed by atoms with van der Waals surface area (Å²) in [5, 5.41) is 18.7. The predicted octanol–water partition coefficient (Wildman–Crippen LogP) is 5.42. The number of nitro groups is 1. The molecule has 0 saturated carbocycles. The van der Waals surface area contributed by atoms with E-state index in [1.807, 2.05) is 0 Å². The van der Waals surface area contributed by atoms with Gasteiger partial charge in [0.25, 0.3) is 15.7 Å². The molecule has 4 aromatic rings. The first-order chi connectivity index (χ1) is 20.9. The van der Waals surface area contributed by atoms with Crippen LogP contribution in [-0.2, 0) is 14.8 Å². The number of fused-ring (bicyclic) bond motifs is 1. The van der Waals surface area contributed by atoms with E-state index in [4.69, 9.17) is 21.1 Å². The summed E-state index contributed by atoms with van der Waals surface area (Å²) in [6.45, 7) is 6.02. The number of ether oxygens (including phenoxy) is 2. The number of carbonyl (C=O) groups excluding carboxylic acids is 1. The topological polar surface area (TPSA) is 158 Å². The van der Waals surface area contributed by atoms with Crippen molar-refractivity contribution >= 4 is 44.7 Å². The van der Waals surface area contributed by atoms with E-state index in [0.29, 0.717) is 47.7 Å². The van der Waals surface area contributed by atoms with Crippen molar-refractivity contribution in [1.82, 2.24) is 19.9 Å². The summed E-state index contributed by atoms with van der Waals surface area (Å²) in [7, 11) is -4.32. The lowest BCUT2D eigenvalue weighted by molar-refractivity contribution is -0.387. The number of hydrogen-bond acceptors (Lipinski definition) is 9. The van der Waals surface area contributed by atoms with Crippen LogP contribution in [0.1, 0.15) is 33.6 Å². The lowest BCUT2D eigenvalue weighted by Crippen LogP contribution is -2.33. The summed E-state index contributed by atoms with van der Waals surface area (Å²) < 4.78 is 41.2. The second-order valence-corrected chi connectivity index (χ2v) is 12.8. The number of halogens is 1. The summed E-state index contributed by atoms with van der Waals surface area (Å²) in [5.41, 5.74) is 0.915. The van der Waals surface area contributed by atoms with Crippen molar-refractivity contribution in [2.45, 2.75) is 44.1 Å². The van der Waals surface area contributed by atoms with Gasteiger partial charge in [0.1, 0.15) is 5.60 Å². The van der Waals surface area contributed by atoms with Crippen LogP contribution in [0.5, 0.6) is 5.88 Å². The van der Waals surface area contributed by atoms with Crippen molar-refractivity contribution in [3.63, 3.8) is 0 Å². The molecule has 1 N–H and O–H groups in total. The SMILES string of the molecule is CC(C)(C)OC(=O)NCCCOc1ccn2ncc(-c3cccc(N(CCCCl)S(=O)(=O)c4ccccc4[N+](=O)[O-])c3)c2n1. The highest BCUT2D eigenvalue weighted by molar-refractivity contribution is 7.93. The molecule has 0 spiro atoms. The molecule has 1 amide bonds. The zero-order valence-electron chi connectivity index (χ0n) is 24.5. The Kier molecular flexibility index (Phi) is 10.3. The van der Waals surface area contributed by atoms with E-state index in [1.165, 1.54) is 18.2 Å². The van der Waals surface area contributed by atoms with E-state index >= 15 is 0 Å². The van der Waals surface area contributed by atoms with Gasteiger partial charge >= 0.3 is 6.09 Å². The summed E-state index contributed by atoms with van der Waals surface area (Å²) in [6, 6.07) is 13.6. The van der Waals surface area contributed by atoms with Crippen LogP contribution < -0.4 is 14.4 Å². The first kappa shape index (κ1) is 32.5. The third kappa shape index (κ3) is 7.94. The largest absolute Gasteiger partial charge is 0.478 e. The Morgan fingerprint density at radius 2 is 1.91 bits per heavy atom. The fourth-order valence-corrected chi connectivity index (χ4v) is 6.03. The minimum absolute atomic E-state index is 0.00905. The Balaban J connectivity index is 1.56. The number of benzene rings is 2. The van der Waals surface area contributed by atoms with E-state index in [0.717, 1.165) is 10.4 Å². The van der Waals surface area contributed by atoms with Crippen LogP contribution >= 0.6 is 11.6 Å². The molecular weight excluding hydrogens is 612 g/mol. The summed E-state index contributed by atoms with van der Waals surface area (Å²) in [4.78, 5) is 26.9. The van der Waals surface area contributed by atoms with Gasteiger partial charge in [-0.05, 0) is 57.4 Å². The second-order valence-electron chi connectivity index (χ2n) is 10.6. The van der Waals surface area contributed by atoms with Gasteiger partial charge in [0.15, 0.2) is 10.5 Å². The van der Waals surface area contributed by atoms with Crippen molar-refractivity contribution in [2.75, 3.05) is 29.9 Å². The van der Waals surface area contributed by atoms with Crippen LogP contribution in [-0.4, -0.2) is 65.2 Å². The van der Waals surface area contributed by atoms with Gasteiger partial charge in [-0.3, -0.25) is 14.4 Å². The van der Waals surface area contributed by atoms with E-state index in [2.05, 4.69) is 15.4 Å². The third-order valence-electron chi connectivity index (χ3n) is 6.15. The van der Waals surface area contributed by atoms with E-state index in [-0.39, 0.29) is 19.0 Å². The predicted molar refractivity (Wildman–Crippen MR) is 166 cm³/mol. The fraction of sp³-hybridized carbons (Fsp3) is 0.345. The highest BCUT2D eigenvalue weighted by Crippen LogP contribution is 2.33. The average Bonchev–Trinajstić information content (AvgIpc) is 3.40. The number of rotatable bonds is 13. The smallest absolute Gasteiger partial charge is 0.407 e. The van der Waals surface area contributed by atoms with Gasteiger partial charge in [-0.1, -0.05) is 24.3 Å². The number of aromatic nitrogens is 3. The molecule has 2 aromatic heterocycles. The van der Waals surface area contributed by atoms with E-state index < -0.39 is 37.2 Å². The number of nitro benzene ring substituents is 1. The number of para-hydroxylation sites is 1. The molecule has 2 heterocycles. The molecule has 0 aliphatic rings. The molecule has 15 heteroatoms. The molecule has 2 aromatic carbocycles. The van der Waals surface area contributed by atoms with Crippen LogP contribution in [0.3, 0.4) is 0 Å². The average molecular weight is 645 g/mol. The second kappa shape index (κ2) is 13.9. The Morgan fingerprint density at radius 3 is 2.64 bits per heavy atom. The van der Waals surface area contributed by atoms with Crippen LogP contribution in [0.15, 0.2) is 71.9 Å². The van der Waals surface area contributed by atoms with Crippen molar-refractivity contribution in [3.8, 4) is 17.0 Å². The number of alkyl carbamates (subject to hydrolysis) is 1. The minimum Gasteiger partial charge on any atom is -0.478 e. The van der Waals surface area contributed by atoms with Gasteiger partial charge in [0.05, 0.1) is 23.4 Å². The first-order valence-corrected chi connectivity index (χ1v) is 15.7. The lowest BCUT2D eigenvalue weighted by atomic mass is 10.1. The van der Waals surface area contributed by atoms with Crippen LogP contribution in [0.25, 0.3) is 16.8 Å². The number of hydrogen-bond donors (Lipinski definition) is 1. The fourth-order valence-electron chi connectivity index (χ4n) is 4.25. The summed E-state index contributed by atoms with van der Waals surface area (Å²) in [5.74, 6) is 0.538. The van der Waals surface area contributed by atoms with Gasteiger partial charge < -0.3 is 14.8 Å². The van der Waals surface area contributed by atoms with Gasteiger partial charge in [-0.15, -0.1) is 11.6 Å². The van der Waals surface area contributed by atoms with Gasteiger partial charge in [-0.25, -0.2) is 17.7 Å². The number of nitrogens with one attached hydrogen (secondary N) is 1. The molecule has 0 aliphatic heterocycles. The highest BCUT2D eigenvalue weighted by Gasteiger charge is 2.31. The Morgan fingerprint density at radius 1 is 1.14 bits per heavy atom. The molecule has 0 unspecified atom stereocenters. The maximum atomic E-state index is 13.8. The van der Waals surface area contributed by atoms with Crippen LogP contribution in [0.4, 0.5) is 16.2 Å². The van der Waals surface area contributed by atoms with Gasteiger partial charge in [-0.2, -0.15) is 10.1 Å². The van der Waals surface area contributed by atoms with Crippen molar-refractivity contribution in [2.24, 2.45) is 0 Å². The molecule has 44 heavy (non-hydrogen) atoms. The number of anilines is 1. The number of sulfonamides is 1. The maximum absolute atomic E-state index is 13.8. The monoisotopic (exact) mass is 644 g/mol. The van der Waals surface area contributed by atoms with Gasteiger partial charge in [0.2, 0.25) is 5.88 Å². The molecule has 0 fully saturated rings. The molecule has 4 rings (SSSR count). The highest BCUT2D eigenvalue weighted by atomic mass is 35.5. The minimum atomic E-state index is -4.32. The van der Waals surface area contributed by atoms with E-state index in [9.17, 15) is 23.3 Å². The molecule has 0 radical (unpaired) electrons. The zero-order valence-corrected chi connectivity index (χ0v) is 26.0. The molecule has 13 nitrogen and oxygen atoms in total. The number of carbonyl (C=O) groups is 1. The third-order valence-corrected chi connectivity index (χ3v) is 8.29. The zero-order chi connectivity index (χ0) is 31.9. The van der Waals surface area contributed by atoms with Crippen molar-refractivity contribution in [1.29, 1.82) is 0 Å². The summed E-state index contributed by atoms with van der Waals surface area (Å²) in [6.07, 6.45) is 3.63. The Labute approximate surface area is 260 Å². The standard InChI is InChI=1S/C29H33ClN6O7S/c1-29(2,3)43-28(37)31-15-8-18-42-26-13-17-34-27(33-26)23(20-32-34)21-9-6-10-22(19-21)35(16-7-14-30)44(40,41)25-12-5-4-11-24(25)36(38)39/h4-6,9-13,17,19-20H,7-8,14-16,18H2,1-3H3,(H,31,37). The van der Waals surface area contributed by atoms with Crippen molar-refractivity contribution in [3.05, 3.63) is 77.1 Å². The molecular formula is C29H33ClN6O7S. The van der Waals surface area contributed by atoms with E-state index in [1.54, 1.807) is 68.0 Å². The maximum Gasteiger partial charge on any atom is 0.407 e. The summed E-state index contributed by atoms with van der Waals surface area (Å²) >= 11 is 5.91. The first-order valence-electron chi connectivity index (χ1n) is 13.8. The number of amides is 1. The Bertz CT molecular complexity index is 1740. The van der Waals surface area contributed by atoms with Gasteiger partial charge in [0, 0.05) is 42.9 Å².